The van der Waals surface area contributed by atoms with E-state index in [-0.39, 0.29) is 17.3 Å². The first kappa shape index (κ1) is 30.2. The van der Waals surface area contributed by atoms with E-state index in [1.54, 1.807) is 62.4 Å². The third-order valence-electron chi connectivity index (χ3n) is 6.54. The summed E-state index contributed by atoms with van der Waals surface area (Å²) in [5.74, 6) is -0.832. The molecule has 208 valence electrons. The van der Waals surface area contributed by atoms with Crippen molar-refractivity contribution in [1.82, 2.24) is 10.2 Å². The fourth-order valence-corrected chi connectivity index (χ4v) is 5.84. The van der Waals surface area contributed by atoms with Crippen LogP contribution in [0, 0.1) is 13.8 Å². The van der Waals surface area contributed by atoms with Crippen molar-refractivity contribution in [3.05, 3.63) is 94.5 Å². The van der Waals surface area contributed by atoms with Crippen LogP contribution in [-0.2, 0) is 26.2 Å². The highest BCUT2D eigenvalue weighted by molar-refractivity contribution is 7.92. The highest BCUT2D eigenvalue weighted by Gasteiger charge is 2.33. The maximum Gasteiger partial charge on any atom is 0.264 e. The first-order valence-electron chi connectivity index (χ1n) is 13.0. The van der Waals surface area contributed by atoms with Gasteiger partial charge in [0.15, 0.2) is 0 Å². The molecule has 0 saturated heterocycles. The van der Waals surface area contributed by atoms with Crippen molar-refractivity contribution < 1.29 is 18.0 Å². The molecule has 0 aromatic heterocycles. The molecule has 3 aromatic carbocycles. The van der Waals surface area contributed by atoms with Gasteiger partial charge in [-0.15, -0.1) is 0 Å². The number of halogens is 1. The number of hydrogen-bond acceptors (Lipinski definition) is 4. The SMILES string of the molecule is CCCCNC(=O)[C@@H](C)N(Cc1ccccc1Cl)C(=O)CN(c1cc(C)ccc1C)S(=O)(=O)c1ccccc1. The minimum absolute atomic E-state index is 0.0485. The summed E-state index contributed by atoms with van der Waals surface area (Å²) in [6.07, 6.45) is 1.73. The number of unbranched alkanes of at least 4 members (excludes halogenated alkanes) is 1. The minimum Gasteiger partial charge on any atom is -0.354 e. The van der Waals surface area contributed by atoms with Crippen LogP contribution in [0.5, 0.6) is 0 Å². The molecule has 0 aliphatic rings. The van der Waals surface area contributed by atoms with Crippen molar-refractivity contribution in [2.24, 2.45) is 0 Å². The van der Waals surface area contributed by atoms with Crippen LogP contribution in [0.15, 0.2) is 77.7 Å². The van der Waals surface area contributed by atoms with E-state index >= 15 is 0 Å². The van der Waals surface area contributed by atoms with Crippen molar-refractivity contribution in [1.29, 1.82) is 0 Å². The molecule has 0 spiro atoms. The zero-order valence-corrected chi connectivity index (χ0v) is 24.4. The van der Waals surface area contributed by atoms with E-state index in [1.165, 1.54) is 17.0 Å². The number of anilines is 1. The van der Waals surface area contributed by atoms with E-state index in [0.29, 0.717) is 28.4 Å². The molecule has 0 saturated carbocycles. The van der Waals surface area contributed by atoms with Crippen LogP contribution in [0.1, 0.15) is 43.4 Å². The Hall–Kier alpha value is -3.36. The van der Waals surface area contributed by atoms with E-state index in [0.717, 1.165) is 22.7 Å². The average Bonchev–Trinajstić information content (AvgIpc) is 2.92. The molecular weight excluding hydrogens is 534 g/mol. The van der Waals surface area contributed by atoms with Crippen LogP contribution < -0.4 is 9.62 Å². The number of hydrogen-bond donors (Lipinski definition) is 1. The Morgan fingerprint density at radius 1 is 0.974 bits per heavy atom. The van der Waals surface area contributed by atoms with Gasteiger partial charge >= 0.3 is 0 Å². The number of benzene rings is 3. The van der Waals surface area contributed by atoms with Gasteiger partial charge in [0.05, 0.1) is 10.6 Å². The monoisotopic (exact) mass is 569 g/mol. The summed E-state index contributed by atoms with van der Waals surface area (Å²) in [7, 11) is -4.11. The summed E-state index contributed by atoms with van der Waals surface area (Å²) in [6.45, 7) is 7.39. The Labute approximate surface area is 236 Å². The predicted molar refractivity (Wildman–Crippen MR) is 156 cm³/mol. The molecule has 0 fully saturated rings. The molecule has 0 heterocycles. The van der Waals surface area contributed by atoms with E-state index in [1.807, 2.05) is 26.0 Å². The van der Waals surface area contributed by atoms with Crippen molar-refractivity contribution in [2.75, 3.05) is 17.4 Å². The summed E-state index contributed by atoms with van der Waals surface area (Å²) < 4.78 is 28.9. The van der Waals surface area contributed by atoms with Gasteiger partial charge < -0.3 is 10.2 Å². The molecule has 1 atom stereocenters. The number of aryl methyl sites for hydroxylation is 2. The maximum atomic E-state index is 14.0. The Balaban J connectivity index is 2.04. The summed E-state index contributed by atoms with van der Waals surface area (Å²) >= 11 is 6.41. The fraction of sp³-hybridized carbons (Fsp3) is 0.333. The second-order valence-corrected chi connectivity index (χ2v) is 11.8. The lowest BCUT2D eigenvalue weighted by atomic mass is 10.1. The largest absolute Gasteiger partial charge is 0.354 e. The molecular formula is C30H36ClN3O4S. The maximum absolute atomic E-state index is 14.0. The van der Waals surface area contributed by atoms with E-state index in [9.17, 15) is 18.0 Å². The van der Waals surface area contributed by atoms with Crippen molar-refractivity contribution >= 4 is 39.1 Å². The Kier molecular flexibility index (Phi) is 10.5. The standard InChI is InChI=1S/C30H36ClN3O4S/c1-5-6-18-32-30(36)24(4)33(20-25-12-10-11-15-27(25)31)29(35)21-34(28-19-22(2)16-17-23(28)3)39(37,38)26-13-8-7-9-14-26/h7-17,19,24H,5-6,18,20-21H2,1-4H3,(H,32,36)/t24-/m1/s1. The first-order chi connectivity index (χ1) is 18.6. The van der Waals surface area contributed by atoms with Gasteiger partial charge in [-0.2, -0.15) is 0 Å². The van der Waals surface area contributed by atoms with Gasteiger partial charge in [0, 0.05) is 18.1 Å². The van der Waals surface area contributed by atoms with E-state index in [4.69, 9.17) is 11.6 Å². The quantitative estimate of drug-likeness (QED) is 0.292. The molecule has 9 heteroatoms. The van der Waals surface area contributed by atoms with Crippen LogP contribution >= 0.6 is 11.6 Å². The Morgan fingerprint density at radius 3 is 2.31 bits per heavy atom. The number of carbonyl (C=O) groups excluding carboxylic acids is 2. The molecule has 0 aliphatic heterocycles. The van der Waals surface area contributed by atoms with Gasteiger partial charge in [0.25, 0.3) is 10.0 Å². The van der Waals surface area contributed by atoms with E-state index in [2.05, 4.69) is 5.32 Å². The van der Waals surface area contributed by atoms with Gasteiger partial charge in [0.1, 0.15) is 12.6 Å². The number of nitrogens with zero attached hydrogens (tertiary/aromatic N) is 2. The predicted octanol–water partition coefficient (Wildman–Crippen LogP) is 5.49. The number of sulfonamides is 1. The Morgan fingerprint density at radius 2 is 1.64 bits per heavy atom. The average molecular weight is 570 g/mol. The normalized spacial score (nSPS) is 12.0. The van der Waals surface area contributed by atoms with Crippen LogP contribution in [0.4, 0.5) is 5.69 Å². The number of rotatable bonds is 12. The van der Waals surface area contributed by atoms with Crippen LogP contribution in [0.25, 0.3) is 0 Å². The second-order valence-electron chi connectivity index (χ2n) is 9.55. The fourth-order valence-electron chi connectivity index (χ4n) is 4.15. The molecule has 0 radical (unpaired) electrons. The summed E-state index contributed by atoms with van der Waals surface area (Å²) in [4.78, 5) is 28.5. The van der Waals surface area contributed by atoms with Gasteiger partial charge in [-0.05, 0) is 68.1 Å². The molecule has 1 N–H and O–H groups in total. The summed E-state index contributed by atoms with van der Waals surface area (Å²) in [5, 5.41) is 3.33. The van der Waals surface area contributed by atoms with Crippen molar-refractivity contribution in [3.63, 3.8) is 0 Å². The van der Waals surface area contributed by atoms with Crippen molar-refractivity contribution in [2.45, 2.75) is 58.0 Å². The second kappa shape index (κ2) is 13.6. The topological polar surface area (TPSA) is 86.8 Å². The molecule has 2 amide bonds. The smallest absolute Gasteiger partial charge is 0.264 e. The molecule has 0 unspecified atom stereocenters. The number of amides is 2. The number of carbonyl (C=O) groups is 2. The van der Waals surface area contributed by atoms with E-state index < -0.39 is 28.5 Å². The molecule has 3 aromatic rings. The van der Waals surface area contributed by atoms with Gasteiger partial charge in [-0.25, -0.2) is 8.42 Å². The number of nitrogens with one attached hydrogen (secondary N) is 1. The zero-order valence-electron chi connectivity index (χ0n) is 22.9. The lowest BCUT2D eigenvalue weighted by Gasteiger charge is -2.32. The zero-order chi connectivity index (χ0) is 28.6. The molecule has 0 bridgehead atoms. The van der Waals surface area contributed by atoms with Gasteiger partial charge in [-0.1, -0.05) is 73.5 Å². The highest BCUT2D eigenvalue weighted by Crippen LogP contribution is 2.29. The first-order valence-corrected chi connectivity index (χ1v) is 14.8. The Bertz CT molecular complexity index is 1400. The molecule has 7 nitrogen and oxygen atoms in total. The molecule has 39 heavy (non-hydrogen) atoms. The van der Waals surface area contributed by atoms with Crippen LogP contribution in [0.3, 0.4) is 0 Å². The lowest BCUT2D eigenvalue weighted by molar-refractivity contribution is -0.139. The van der Waals surface area contributed by atoms with Gasteiger partial charge in [0.2, 0.25) is 11.8 Å². The third-order valence-corrected chi connectivity index (χ3v) is 8.68. The lowest BCUT2D eigenvalue weighted by Crippen LogP contribution is -2.51. The summed E-state index contributed by atoms with van der Waals surface area (Å²) in [5.41, 5.74) is 2.62. The highest BCUT2D eigenvalue weighted by atomic mass is 35.5. The van der Waals surface area contributed by atoms with Crippen LogP contribution in [-0.4, -0.2) is 44.3 Å². The van der Waals surface area contributed by atoms with Crippen LogP contribution in [0.2, 0.25) is 5.02 Å². The molecule has 3 rings (SSSR count). The molecule has 0 aliphatic carbocycles. The third kappa shape index (κ3) is 7.61. The van der Waals surface area contributed by atoms with Gasteiger partial charge in [-0.3, -0.25) is 13.9 Å². The minimum atomic E-state index is -4.11. The summed E-state index contributed by atoms with van der Waals surface area (Å²) in [6, 6.07) is 19.7. The van der Waals surface area contributed by atoms with Crippen molar-refractivity contribution in [3.8, 4) is 0 Å².